The smallest absolute Gasteiger partial charge is 0.407 e. The van der Waals surface area contributed by atoms with E-state index < -0.39 is 29.5 Å². The molecule has 3 rings (SSSR count). The summed E-state index contributed by atoms with van der Waals surface area (Å²) < 4.78 is 11.8. The van der Waals surface area contributed by atoms with Crippen molar-refractivity contribution in [3.63, 3.8) is 0 Å². The lowest BCUT2D eigenvalue weighted by atomic mass is 10.0. The van der Waals surface area contributed by atoms with Gasteiger partial charge < -0.3 is 30.1 Å². The van der Waals surface area contributed by atoms with E-state index in [0.717, 1.165) is 17.5 Å². The van der Waals surface area contributed by atoms with Crippen molar-refractivity contribution < 1.29 is 23.5 Å². The van der Waals surface area contributed by atoms with Gasteiger partial charge in [0.25, 0.3) is 5.56 Å². The molecule has 0 saturated heterocycles. The number of pyridine rings is 1. The maximum absolute atomic E-state index is 13.1. The Kier molecular flexibility index (Phi) is 9.20. The molecule has 3 amide bonds. The van der Waals surface area contributed by atoms with Crippen LogP contribution in [-0.4, -0.2) is 40.6 Å². The fourth-order valence-electron chi connectivity index (χ4n) is 3.78. The second-order valence-corrected chi connectivity index (χ2v) is 8.88. The van der Waals surface area contributed by atoms with Crippen LogP contribution in [0, 0.1) is 5.92 Å². The Balaban J connectivity index is 1.78. The third kappa shape index (κ3) is 7.53. The van der Waals surface area contributed by atoms with Gasteiger partial charge in [0, 0.05) is 6.20 Å². The molecule has 0 aliphatic rings. The number of carbonyl (C=O) groups is 3. The molecule has 1 unspecified atom stereocenters. The molecule has 11 heteroatoms. The summed E-state index contributed by atoms with van der Waals surface area (Å²) >= 11 is 0. The first-order valence-corrected chi connectivity index (χ1v) is 11.9. The highest BCUT2D eigenvalue weighted by Crippen LogP contribution is 2.22. The van der Waals surface area contributed by atoms with Crippen LogP contribution in [-0.2, 0) is 27.3 Å². The van der Waals surface area contributed by atoms with Crippen LogP contribution in [0.25, 0.3) is 11.1 Å². The van der Waals surface area contributed by atoms with Crippen LogP contribution < -0.4 is 21.9 Å². The minimum Gasteiger partial charge on any atom is -0.453 e. The van der Waals surface area contributed by atoms with Gasteiger partial charge in [0.05, 0.1) is 7.11 Å². The normalized spacial score (nSPS) is 12.1. The standard InChI is InChI=1S/C26H31N5O6/c1-16(2)14-17-8-6-11-20-23(17)30-22(37-20)15-31-13-7-10-19(25(31)34)28-24(33)18(29-26(35)36-3)9-4-5-12-21(27)32/h5-8,10-13,16,18H,4,9,14-15H2,1-3H3,(H2,27,32)(H,28,33)(H,29,35). The second kappa shape index (κ2) is 12.5. The number of nitrogens with zero attached hydrogens (tertiary/aromatic N) is 2. The summed E-state index contributed by atoms with van der Waals surface area (Å²) in [6, 6.07) is 7.82. The van der Waals surface area contributed by atoms with Crippen molar-refractivity contribution in [1.29, 1.82) is 0 Å². The molecule has 4 N–H and O–H groups in total. The molecule has 1 atom stereocenters. The number of aromatic nitrogens is 2. The maximum Gasteiger partial charge on any atom is 0.407 e. The highest BCUT2D eigenvalue weighted by Gasteiger charge is 2.22. The minimum atomic E-state index is -1.02. The number of nitrogens with one attached hydrogen (secondary N) is 2. The third-order valence-electron chi connectivity index (χ3n) is 5.46. The molecule has 0 fully saturated rings. The second-order valence-electron chi connectivity index (χ2n) is 8.88. The van der Waals surface area contributed by atoms with Gasteiger partial charge in [-0.05, 0) is 55.0 Å². The van der Waals surface area contributed by atoms with Gasteiger partial charge in [-0.1, -0.05) is 32.1 Å². The first kappa shape index (κ1) is 27.2. The van der Waals surface area contributed by atoms with Crippen molar-refractivity contribution in [3.8, 4) is 0 Å². The van der Waals surface area contributed by atoms with Crippen LogP contribution in [0.4, 0.5) is 10.5 Å². The van der Waals surface area contributed by atoms with Gasteiger partial charge in [0.15, 0.2) is 5.58 Å². The Hall–Kier alpha value is -4.41. The number of amides is 3. The SMILES string of the molecule is COC(=O)NC(CCC=CC(N)=O)C(=O)Nc1cccn(Cc2nc3c(CC(C)C)cccc3o2)c1=O. The summed E-state index contributed by atoms with van der Waals surface area (Å²) in [4.78, 5) is 53.1. The van der Waals surface area contributed by atoms with Gasteiger partial charge >= 0.3 is 6.09 Å². The number of methoxy groups -OCH3 is 1. The lowest BCUT2D eigenvalue weighted by Crippen LogP contribution is -2.44. The monoisotopic (exact) mass is 509 g/mol. The van der Waals surface area contributed by atoms with Gasteiger partial charge in [0.2, 0.25) is 17.7 Å². The molecule has 0 bridgehead atoms. The van der Waals surface area contributed by atoms with E-state index in [0.29, 0.717) is 17.4 Å². The fourth-order valence-corrected chi connectivity index (χ4v) is 3.78. The average Bonchev–Trinajstić information content (AvgIpc) is 3.26. The van der Waals surface area contributed by atoms with Gasteiger partial charge in [-0.15, -0.1) is 0 Å². The highest BCUT2D eigenvalue weighted by atomic mass is 16.5. The number of anilines is 1. The Morgan fingerprint density at radius 3 is 2.70 bits per heavy atom. The van der Waals surface area contributed by atoms with Crippen molar-refractivity contribution in [3.05, 3.63) is 70.5 Å². The molecule has 37 heavy (non-hydrogen) atoms. The van der Waals surface area contributed by atoms with Crippen molar-refractivity contribution in [2.45, 2.75) is 45.7 Å². The Bertz CT molecular complexity index is 1360. The third-order valence-corrected chi connectivity index (χ3v) is 5.46. The zero-order valence-electron chi connectivity index (χ0n) is 21.0. The highest BCUT2D eigenvalue weighted by molar-refractivity contribution is 5.96. The van der Waals surface area contributed by atoms with Crippen LogP contribution in [0.15, 0.2) is 57.9 Å². The summed E-state index contributed by atoms with van der Waals surface area (Å²) in [6.45, 7) is 4.32. The quantitative estimate of drug-likeness (QED) is 0.335. The van der Waals surface area contributed by atoms with Gasteiger partial charge in [-0.25, -0.2) is 9.78 Å². The summed E-state index contributed by atoms with van der Waals surface area (Å²) in [5, 5.41) is 4.99. The largest absolute Gasteiger partial charge is 0.453 e. The number of hydrogen-bond acceptors (Lipinski definition) is 7. The molecule has 0 aliphatic carbocycles. The van der Waals surface area contributed by atoms with E-state index in [9.17, 15) is 19.2 Å². The van der Waals surface area contributed by atoms with E-state index in [1.165, 1.54) is 29.9 Å². The van der Waals surface area contributed by atoms with Crippen LogP contribution in [0.3, 0.4) is 0 Å². The van der Waals surface area contributed by atoms with E-state index in [2.05, 4.69) is 34.2 Å². The van der Waals surface area contributed by atoms with Gasteiger partial charge in [0.1, 0.15) is 23.8 Å². The summed E-state index contributed by atoms with van der Waals surface area (Å²) in [5.41, 5.74) is 7.11. The fraction of sp³-hybridized carbons (Fsp3) is 0.346. The summed E-state index contributed by atoms with van der Waals surface area (Å²) in [7, 11) is 1.17. The number of fused-ring (bicyclic) bond motifs is 1. The van der Waals surface area contributed by atoms with Gasteiger partial charge in [-0.2, -0.15) is 0 Å². The number of oxazole rings is 1. The summed E-state index contributed by atoms with van der Waals surface area (Å²) in [6.07, 6.45) is 4.70. The number of primary amides is 1. The molecular formula is C26H31N5O6. The van der Waals surface area contributed by atoms with E-state index in [1.807, 2.05) is 18.2 Å². The average molecular weight is 510 g/mol. The number of benzene rings is 1. The number of allylic oxidation sites excluding steroid dienone is 1. The van der Waals surface area contributed by atoms with Crippen LogP contribution in [0.1, 0.15) is 38.1 Å². The first-order chi connectivity index (χ1) is 17.7. The maximum atomic E-state index is 13.1. The predicted molar refractivity (Wildman–Crippen MR) is 138 cm³/mol. The van der Waals surface area contributed by atoms with E-state index in [4.69, 9.17) is 10.2 Å². The zero-order chi connectivity index (χ0) is 26.9. The lowest BCUT2D eigenvalue weighted by molar-refractivity contribution is -0.118. The van der Waals surface area contributed by atoms with Crippen molar-refractivity contribution >= 4 is 34.7 Å². The molecule has 0 aliphatic heterocycles. The van der Waals surface area contributed by atoms with Crippen molar-refractivity contribution in [1.82, 2.24) is 14.9 Å². The molecule has 0 saturated carbocycles. The Labute approximate surface area is 213 Å². The molecule has 0 spiro atoms. The first-order valence-electron chi connectivity index (χ1n) is 11.9. The number of hydrogen-bond donors (Lipinski definition) is 3. The number of carbonyl (C=O) groups excluding carboxylic acids is 3. The molecule has 0 radical (unpaired) electrons. The molecule has 1 aromatic carbocycles. The minimum absolute atomic E-state index is 0.0217. The topological polar surface area (TPSA) is 159 Å². The summed E-state index contributed by atoms with van der Waals surface area (Å²) in [5.74, 6) is -0.427. The molecule has 2 heterocycles. The number of rotatable bonds is 11. The van der Waals surface area contributed by atoms with Crippen molar-refractivity contribution in [2.75, 3.05) is 12.4 Å². The van der Waals surface area contributed by atoms with Gasteiger partial charge in [-0.3, -0.25) is 14.4 Å². The number of ether oxygens (including phenoxy) is 1. The van der Waals surface area contributed by atoms with E-state index in [1.54, 1.807) is 12.3 Å². The van der Waals surface area contributed by atoms with E-state index in [-0.39, 0.29) is 25.1 Å². The zero-order valence-corrected chi connectivity index (χ0v) is 21.0. The lowest BCUT2D eigenvalue weighted by Gasteiger charge is -2.17. The molecule has 11 nitrogen and oxygen atoms in total. The molecule has 2 aromatic heterocycles. The Morgan fingerprint density at radius 2 is 2.00 bits per heavy atom. The predicted octanol–water partition coefficient (Wildman–Crippen LogP) is 2.72. The number of nitrogens with two attached hydrogens (primary N) is 1. The molecular weight excluding hydrogens is 478 g/mol. The number of para-hydroxylation sites is 1. The molecule has 3 aromatic rings. The number of alkyl carbamates (subject to hydrolysis) is 1. The van der Waals surface area contributed by atoms with Crippen LogP contribution >= 0.6 is 0 Å². The Morgan fingerprint density at radius 1 is 1.22 bits per heavy atom. The van der Waals surface area contributed by atoms with E-state index >= 15 is 0 Å². The molecule has 196 valence electrons. The van der Waals surface area contributed by atoms with Crippen LogP contribution in [0.2, 0.25) is 0 Å². The van der Waals surface area contributed by atoms with Crippen LogP contribution in [0.5, 0.6) is 0 Å². The van der Waals surface area contributed by atoms with Crippen molar-refractivity contribution in [2.24, 2.45) is 11.7 Å².